The molecule has 0 radical (unpaired) electrons. The van der Waals surface area contributed by atoms with E-state index < -0.39 is 0 Å². The number of likely N-dealkylation sites (N-methyl/N-ethyl adjacent to an activating group) is 1. The third kappa shape index (κ3) is 1.65. The van der Waals surface area contributed by atoms with Crippen molar-refractivity contribution in [3.8, 4) is 5.75 Å². The lowest BCUT2D eigenvalue weighted by Gasteiger charge is -2.26. The average Bonchev–Trinajstić information content (AvgIpc) is 2.69. The molecule has 1 aliphatic heterocycles. The van der Waals surface area contributed by atoms with E-state index in [9.17, 15) is 4.79 Å². The lowest BCUT2D eigenvalue weighted by atomic mass is 9.76. The molecule has 0 bridgehead atoms. The van der Waals surface area contributed by atoms with Crippen molar-refractivity contribution in [2.75, 3.05) is 27.2 Å². The molecule has 0 aromatic heterocycles. The number of carbonyl (C=O) groups excluding carboxylic acids is 1. The van der Waals surface area contributed by atoms with Gasteiger partial charge in [0, 0.05) is 31.0 Å². The van der Waals surface area contributed by atoms with Crippen molar-refractivity contribution >= 4 is 5.78 Å². The van der Waals surface area contributed by atoms with E-state index in [1.807, 2.05) is 18.2 Å². The minimum absolute atomic E-state index is 0.291. The summed E-state index contributed by atoms with van der Waals surface area (Å²) in [4.78, 5) is 14.4. The van der Waals surface area contributed by atoms with Crippen LogP contribution in [0.1, 0.15) is 28.3 Å². The van der Waals surface area contributed by atoms with Gasteiger partial charge in [-0.3, -0.25) is 4.79 Å². The van der Waals surface area contributed by atoms with Crippen LogP contribution < -0.4 is 4.74 Å². The van der Waals surface area contributed by atoms with Crippen LogP contribution >= 0.6 is 0 Å². The molecule has 3 rings (SSSR count). The SMILES string of the molecule is COc1ccc2c(c1)[C@@H]1CN(C)C[C@@H]1CC2=O. The third-order valence-electron chi connectivity index (χ3n) is 4.03. The first-order valence-electron chi connectivity index (χ1n) is 6.08. The van der Waals surface area contributed by atoms with Crippen LogP contribution in [0.15, 0.2) is 18.2 Å². The summed E-state index contributed by atoms with van der Waals surface area (Å²) in [5.74, 6) is 2.14. The van der Waals surface area contributed by atoms with Crippen LogP contribution in [-0.2, 0) is 0 Å². The molecule has 0 amide bonds. The minimum atomic E-state index is 0.291. The van der Waals surface area contributed by atoms with E-state index in [0.29, 0.717) is 24.0 Å². The number of methoxy groups -OCH3 is 1. The van der Waals surface area contributed by atoms with Crippen LogP contribution in [0.4, 0.5) is 0 Å². The van der Waals surface area contributed by atoms with Gasteiger partial charge in [0.2, 0.25) is 0 Å². The fourth-order valence-electron chi connectivity index (χ4n) is 3.22. The van der Waals surface area contributed by atoms with Crippen molar-refractivity contribution < 1.29 is 9.53 Å². The summed E-state index contributed by atoms with van der Waals surface area (Å²) >= 11 is 0. The Morgan fingerprint density at radius 3 is 2.94 bits per heavy atom. The lowest BCUT2D eigenvalue weighted by Crippen LogP contribution is -2.23. The second-order valence-electron chi connectivity index (χ2n) is 5.17. The number of ketones is 1. The summed E-state index contributed by atoms with van der Waals surface area (Å²) in [6, 6.07) is 5.85. The van der Waals surface area contributed by atoms with Gasteiger partial charge in [-0.05, 0) is 36.7 Å². The number of hydrogen-bond acceptors (Lipinski definition) is 3. The fraction of sp³-hybridized carbons (Fsp3) is 0.500. The normalized spacial score (nSPS) is 27.8. The second kappa shape index (κ2) is 3.84. The van der Waals surface area contributed by atoms with E-state index in [0.717, 1.165) is 24.4 Å². The standard InChI is InChI=1S/C14H17NO2/c1-15-7-9-5-14(16)11-4-3-10(17-2)6-12(11)13(9)8-15/h3-4,6,9,13H,5,7-8H2,1-2H3/t9-,13+/m0/s1. The maximum atomic E-state index is 12.1. The highest BCUT2D eigenvalue weighted by Gasteiger charge is 2.39. The van der Waals surface area contributed by atoms with Gasteiger partial charge in [0.1, 0.15) is 5.75 Å². The van der Waals surface area contributed by atoms with Gasteiger partial charge in [-0.1, -0.05) is 0 Å². The molecule has 1 aromatic rings. The summed E-state index contributed by atoms with van der Waals surface area (Å²) in [5.41, 5.74) is 2.09. The Balaban J connectivity index is 2.07. The molecule has 2 aliphatic rings. The van der Waals surface area contributed by atoms with Crippen LogP contribution in [0.5, 0.6) is 5.75 Å². The first kappa shape index (κ1) is 10.8. The maximum absolute atomic E-state index is 12.1. The molecular formula is C14H17NO2. The predicted octanol–water partition coefficient (Wildman–Crippen LogP) is 1.93. The summed E-state index contributed by atoms with van der Waals surface area (Å²) in [5, 5.41) is 0. The van der Waals surface area contributed by atoms with E-state index in [1.165, 1.54) is 5.56 Å². The minimum Gasteiger partial charge on any atom is -0.497 e. The molecule has 0 N–H and O–H groups in total. The fourth-order valence-corrected chi connectivity index (χ4v) is 3.22. The number of nitrogens with zero attached hydrogens (tertiary/aromatic N) is 1. The number of benzene rings is 1. The molecule has 90 valence electrons. The van der Waals surface area contributed by atoms with Crippen molar-refractivity contribution in [3.63, 3.8) is 0 Å². The highest BCUT2D eigenvalue weighted by molar-refractivity contribution is 5.99. The monoisotopic (exact) mass is 231 g/mol. The van der Waals surface area contributed by atoms with E-state index in [1.54, 1.807) is 7.11 Å². The number of ether oxygens (including phenoxy) is 1. The lowest BCUT2D eigenvalue weighted by molar-refractivity contribution is 0.0946. The van der Waals surface area contributed by atoms with Crippen molar-refractivity contribution in [2.24, 2.45) is 5.92 Å². The Kier molecular flexibility index (Phi) is 2.44. The summed E-state index contributed by atoms with van der Waals surface area (Å²) < 4.78 is 5.27. The highest BCUT2D eigenvalue weighted by atomic mass is 16.5. The molecule has 1 saturated heterocycles. The Bertz CT molecular complexity index is 469. The van der Waals surface area contributed by atoms with Gasteiger partial charge in [-0.2, -0.15) is 0 Å². The van der Waals surface area contributed by atoms with Crippen molar-refractivity contribution in [1.29, 1.82) is 0 Å². The molecule has 0 spiro atoms. The molecule has 1 fully saturated rings. The van der Waals surface area contributed by atoms with E-state index in [2.05, 4.69) is 11.9 Å². The van der Waals surface area contributed by atoms with Gasteiger partial charge in [-0.15, -0.1) is 0 Å². The van der Waals surface area contributed by atoms with E-state index in [4.69, 9.17) is 4.74 Å². The molecule has 3 nitrogen and oxygen atoms in total. The van der Waals surface area contributed by atoms with Gasteiger partial charge in [0.05, 0.1) is 7.11 Å². The van der Waals surface area contributed by atoms with Crippen LogP contribution in [0.25, 0.3) is 0 Å². The molecule has 1 aliphatic carbocycles. The summed E-state index contributed by atoms with van der Waals surface area (Å²) in [7, 11) is 3.80. The van der Waals surface area contributed by atoms with Crippen LogP contribution in [0, 0.1) is 5.92 Å². The zero-order valence-corrected chi connectivity index (χ0v) is 10.3. The Hall–Kier alpha value is -1.35. The Morgan fingerprint density at radius 2 is 2.18 bits per heavy atom. The largest absolute Gasteiger partial charge is 0.497 e. The van der Waals surface area contributed by atoms with Crippen molar-refractivity contribution in [3.05, 3.63) is 29.3 Å². The van der Waals surface area contributed by atoms with Crippen LogP contribution in [0.2, 0.25) is 0 Å². The Morgan fingerprint density at radius 1 is 1.35 bits per heavy atom. The number of fused-ring (bicyclic) bond motifs is 3. The topological polar surface area (TPSA) is 29.5 Å². The highest BCUT2D eigenvalue weighted by Crippen LogP contribution is 2.41. The van der Waals surface area contributed by atoms with Gasteiger partial charge in [0.25, 0.3) is 0 Å². The summed E-state index contributed by atoms with van der Waals surface area (Å²) in [6.07, 6.45) is 0.703. The number of rotatable bonds is 1. The van der Waals surface area contributed by atoms with Gasteiger partial charge >= 0.3 is 0 Å². The van der Waals surface area contributed by atoms with E-state index in [-0.39, 0.29) is 0 Å². The third-order valence-corrected chi connectivity index (χ3v) is 4.03. The van der Waals surface area contributed by atoms with Gasteiger partial charge in [-0.25, -0.2) is 0 Å². The number of carbonyl (C=O) groups is 1. The zero-order valence-electron chi connectivity index (χ0n) is 10.3. The van der Waals surface area contributed by atoms with Gasteiger partial charge in [0.15, 0.2) is 5.78 Å². The molecule has 0 unspecified atom stereocenters. The van der Waals surface area contributed by atoms with E-state index >= 15 is 0 Å². The van der Waals surface area contributed by atoms with Crippen LogP contribution in [0.3, 0.4) is 0 Å². The van der Waals surface area contributed by atoms with Gasteiger partial charge < -0.3 is 9.64 Å². The molecule has 2 atom stereocenters. The molecule has 1 heterocycles. The van der Waals surface area contributed by atoms with Crippen LogP contribution in [-0.4, -0.2) is 37.9 Å². The Labute approximate surface area is 101 Å². The quantitative estimate of drug-likeness (QED) is 0.739. The molecule has 1 aromatic carbocycles. The molecular weight excluding hydrogens is 214 g/mol. The number of hydrogen-bond donors (Lipinski definition) is 0. The number of Topliss-reactive ketones (excluding diaryl/α,β-unsaturated/α-hetero) is 1. The second-order valence-corrected chi connectivity index (χ2v) is 5.17. The number of likely N-dealkylation sites (tertiary alicyclic amines) is 1. The first-order valence-corrected chi connectivity index (χ1v) is 6.08. The molecule has 3 heteroatoms. The maximum Gasteiger partial charge on any atom is 0.163 e. The predicted molar refractivity (Wildman–Crippen MR) is 65.7 cm³/mol. The smallest absolute Gasteiger partial charge is 0.163 e. The molecule has 17 heavy (non-hydrogen) atoms. The average molecular weight is 231 g/mol. The summed E-state index contributed by atoms with van der Waals surface area (Å²) in [6.45, 7) is 2.09. The zero-order chi connectivity index (χ0) is 12.0. The molecule has 0 saturated carbocycles. The van der Waals surface area contributed by atoms with Crippen molar-refractivity contribution in [1.82, 2.24) is 4.90 Å². The first-order chi connectivity index (χ1) is 8.19. The van der Waals surface area contributed by atoms with Crippen molar-refractivity contribution in [2.45, 2.75) is 12.3 Å².